The molecule has 4 rings (SSSR count). The first kappa shape index (κ1) is 21.1. The summed E-state index contributed by atoms with van der Waals surface area (Å²) in [4.78, 5) is 24.2. The fourth-order valence-electron chi connectivity index (χ4n) is 4.36. The SMILES string of the molecule is O=C(CCCCl)Nc1ccc(S(=O)(=O)N2C[C@@H]3C[C@H](C2)c2cccc(=O)n2C3)cc1. The number of carbonyl (C=O) groups is 1. The van der Waals surface area contributed by atoms with Gasteiger partial charge >= 0.3 is 0 Å². The second-order valence-corrected chi connectivity index (χ2v) is 10.2. The highest BCUT2D eigenvalue weighted by Gasteiger charge is 2.39. The number of fused-ring (bicyclic) bond motifs is 4. The van der Waals surface area contributed by atoms with Crippen molar-refractivity contribution < 1.29 is 13.2 Å². The lowest BCUT2D eigenvalue weighted by atomic mass is 9.84. The zero-order valence-electron chi connectivity index (χ0n) is 16.5. The minimum atomic E-state index is -3.66. The van der Waals surface area contributed by atoms with Crippen LogP contribution in [0.25, 0.3) is 0 Å². The zero-order chi connectivity index (χ0) is 21.3. The predicted molar refractivity (Wildman–Crippen MR) is 115 cm³/mol. The van der Waals surface area contributed by atoms with Crippen LogP contribution in [0.1, 0.15) is 30.9 Å². The molecule has 2 aliphatic rings. The molecule has 1 fully saturated rings. The average molecular weight is 450 g/mol. The Balaban J connectivity index is 1.51. The molecule has 1 aromatic carbocycles. The van der Waals surface area contributed by atoms with Gasteiger partial charge in [-0.3, -0.25) is 9.59 Å². The fourth-order valence-corrected chi connectivity index (χ4v) is 6.05. The van der Waals surface area contributed by atoms with E-state index in [0.29, 0.717) is 44.0 Å². The van der Waals surface area contributed by atoms with Crippen molar-refractivity contribution in [2.75, 3.05) is 24.3 Å². The number of sulfonamides is 1. The van der Waals surface area contributed by atoms with Crippen LogP contribution in [0.2, 0.25) is 0 Å². The van der Waals surface area contributed by atoms with Crippen LogP contribution in [0.5, 0.6) is 0 Å². The lowest BCUT2D eigenvalue weighted by molar-refractivity contribution is -0.116. The Morgan fingerprint density at radius 1 is 1.10 bits per heavy atom. The van der Waals surface area contributed by atoms with Crippen LogP contribution in [0.4, 0.5) is 5.69 Å². The third kappa shape index (κ3) is 4.17. The van der Waals surface area contributed by atoms with Crippen molar-refractivity contribution in [3.63, 3.8) is 0 Å². The van der Waals surface area contributed by atoms with Gasteiger partial charge in [0, 0.05) is 55.3 Å². The highest BCUT2D eigenvalue weighted by Crippen LogP contribution is 2.37. The molecule has 3 heterocycles. The van der Waals surface area contributed by atoms with Crippen molar-refractivity contribution in [1.82, 2.24) is 8.87 Å². The summed E-state index contributed by atoms with van der Waals surface area (Å²) < 4.78 is 29.8. The Labute approximate surface area is 180 Å². The summed E-state index contributed by atoms with van der Waals surface area (Å²) >= 11 is 5.60. The van der Waals surface area contributed by atoms with Gasteiger partial charge in [-0.1, -0.05) is 6.07 Å². The van der Waals surface area contributed by atoms with E-state index in [4.69, 9.17) is 11.6 Å². The van der Waals surface area contributed by atoms with E-state index < -0.39 is 10.0 Å². The van der Waals surface area contributed by atoms with Gasteiger partial charge in [-0.25, -0.2) is 8.42 Å². The van der Waals surface area contributed by atoms with Gasteiger partial charge < -0.3 is 9.88 Å². The summed E-state index contributed by atoms with van der Waals surface area (Å²) in [5.41, 5.74) is 1.44. The highest BCUT2D eigenvalue weighted by molar-refractivity contribution is 7.89. The number of carbonyl (C=O) groups excluding carboxylic acids is 1. The highest BCUT2D eigenvalue weighted by atomic mass is 35.5. The molecule has 160 valence electrons. The minimum absolute atomic E-state index is 0.0154. The maximum atomic E-state index is 13.2. The summed E-state index contributed by atoms with van der Waals surface area (Å²) in [6, 6.07) is 11.5. The maximum absolute atomic E-state index is 13.2. The number of amides is 1. The number of nitrogens with zero attached hydrogens (tertiary/aromatic N) is 2. The van der Waals surface area contributed by atoms with Crippen LogP contribution in [0.15, 0.2) is 52.2 Å². The number of nitrogens with one attached hydrogen (secondary N) is 1. The number of hydrogen-bond acceptors (Lipinski definition) is 4. The topological polar surface area (TPSA) is 88.5 Å². The number of hydrogen-bond donors (Lipinski definition) is 1. The number of rotatable bonds is 6. The largest absolute Gasteiger partial charge is 0.326 e. The molecule has 2 aliphatic heterocycles. The van der Waals surface area contributed by atoms with Gasteiger partial charge in [0.1, 0.15) is 0 Å². The lowest BCUT2D eigenvalue weighted by Crippen LogP contribution is -2.48. The van der Waals surface area contributed by atoms with Gasteiger partial charge in [0.15, 0.2) is 0 Å². The molecule has 0 saturated carbocycles. The maximum Gasteiger partial charge on any atom is 0.250 e. The minimum Gasteiger partial charge on any atom is -0.326 e. The molecular weight excluding hydrogens is 426 g/mol. The van der Waals surface area contributed by atoms with Crippen molar-refractivity contribution >= 4 is 33.2 Å². The molecule has 30 heavy (non-hydrogen) atoms. The summed E-state index contributed by atoms with van der Waals surface area (Å²) in [5.74, 6) is 0.402. The smallest absolute Gasteiger partial charge is 0.250 e. The normalized spacial score (nSPS) is 21.1. The molecule has 2 aromatic rings. The first-order valence-electron chi connectivity index (χ1n) is 10.0. The van der Waals surface area contributed by atoms with Crippen LogP contribution < -0.4 is 10.9 Å². The molecule has 1 aromatic heterocycles. The lowest BCUT2D eigenvalue weighted by Gasteiger charge is -2.42. The van der Waals surface area contributed by atoms with E-state index >= 15 is 0 Å². The van der Waals surface area contributed by atoms with Crippen LogP contribution in [-0.2, 0) is 21.4 Å². The summed E-state index contributed by atoms with van der Waals surface area (Å²) in [7, 11) is -3.66. The number of benzene rings is 1. The average Bonchev–Trinajstić information content (AvgIpc) is 2.73. The standard InChI is InChI=1S/C21H24ClN3O4S/c22-10-2-4-20(26)23-17-6-8-18(9-7-17)30(28,29)24-12-15-11-16(14-24)19-3-1-5-21(27)25(19)13-15/h1,3,5-9,15-16H,2,4,10-14H2,(H,23,26)/t15-,16+/m0/s1. The van der Waals surface area contributed by atoms with Gasteiger partial charge in [-0.05, 0) is 49.1 Å². The summed E-state index contributed by atoms with van der Waals surface area (Å²) in [6.07, 6.45) is 1.81. The van der Waals surface area contributed by atoms with Crippen LogP contribution in [0.3, 0.4) is 0 Å². The van der Waals surface area contributed by atoms with E-state index in [-0.39, 0.29) is 28.2 Å². The number of alkyl halides is 1. The van der Waals surface area contributed by atoms with E-state index in [1.54, 1.807) is 28.8 Å². The third-order valence-corrected chi connectivity index (χ3v) is 7.87. The number of pyridine rings is 1. The van der Waals surface area contributed by atoms with Gasteiger partial charge in [0.25, 0.3) is 5.56 Å². The summed E-state index contributed by atoms with van der Waals surface area (Å²) in [6.45, 7) is 1.31. The van der Waals surface area contributed by atoms with Crippen LogP contribution >= 0.6 is 11.6 Å². The molecule has 2 atom stereocenters. The molecule has 0 aliphatic carbocycles. The van der Waals surface area contributed by atoms with Crippen molar-refractivity contribution in [1.29, 1.82) is 0 Å². The monoisotopic (exact) mass is 449 g/mol. The van der Waals surface area contributed by atoms with Crippen molar-refractivity contribution in [2.45, 2.75) is 36.6 Å². The Hall–Kier alpha value is -2.16. The molecule has 1 N–H and O–H groups in total. The quantitative estimate of drug-likeness (QED) is 0.686. The van der Waals surface area contributed by atoms with E-state index in [2.05, 4.69) is 5.32 Å². The van der Waals surface area contributed by atoms with Crippen molar-refractivity contribution in [3.05, 3.63) is 58.5 Å². The Kier molecular flexibility index (Phi) is 5.99. The zero-order valence-corrected chi connectivity index (χ0v) is 18.0. The number of aromatic nitrogens is 1. The molecule has 0 unspecified atom stereocenters. The molecule has 9 heteroatoms. The number of anilines is 1. The summed E-state index contributed by atoms with van der Waals surface area (Å²) in [5, 5.41) is 2.75. The molecule has 7 nitrogen and oxygen atoms in total. The number of piperidine rings is 1. The van der Waals surface area contributed by atoms with Crippen molar-refractivity contribution in [3.8, 4) is 0 Å². The predicted octanol–water partition coefficient (Wildman–Crippen LogP) is 2.61. The Morgan fingerprint density at radius 2 is 1.87 bits per heavy atom. The second-order valence-electron chi connectivity index (χ2n) is 7.89. The fraction of sp³-hybridized carbons (Fsp3) is 0.429. The second kappa shape index (κ2) is 8.53. The Bertz CT molecular complexity index is 1100. The van der Waals surface area contributed by atoms with Crippen LogP contribution in [-0.4, -0.2) is 42.2 Å². The first-order chi connectivity index (χ1) is 14.4. The molecule has 0 spiro atoms. The first-order valence-corrected chi connectivity index (χ1v) is 12.0. The van der Waals surface area contributed by atoms with E-state index in [1.807, 2.05) is 6.07 Å². The molecule has 2 bridgehead atoms. The van der Waals surface area contributed by atoms with E-state index in [9.17, 15) is 18.0 Å². The number of halogens is 1. The van der Waals surface area contributed by atoms with Crippen LogP contribution in [0, 0.1) is 5.92 Å². The van der Waals surface area contributed by atoms with Gasteiger partial charge in [-0.2, -0.15) is 4.31 Å². The van der Waals surface area contributed by atoms with Gasteiger partial charge in [0.05, 0.1) is 4.90 Å². The molecular formula is C21H24ClN3O4S. The molecule has 0 radical (unpaired) electrons. The van der Waals surface area contributed by atoms with Crippen molar-refractivity contribution in [2.24, 2.45) is 5.92 Å². The van der Waals surface area contributed by atoms with E-state index in [1.165, 1.54) is 16.4 Å². The third-order valence-electron chi connectivity index (χ3n) is 5.76. The van der Waals surface area contributed by atoms with E-state index in [0.717, 1.165) is 12.1 Å². The molecule has 1 saturated heterocycles. The van der Waals surface area contributed by atoms with Gasteiger partial charge in [-0.15, -0.1) is 11.6 Å². The Morgan fingerprint density at radius 3 is 2.60 bits per heavy atom. The van der Waals surface area contributed by atoms with Gasteiger partial charge in [0.2, 0.25) is 15.9 Å². The molecule has 1 amide bonds.